The second-order valence-electron chi connectivity index (χ2n) is 5.06. The molecule has 0 fully saturated rings. The summed E-state index contributed by atoms with van der Waals surface area (Å²) in [4.78, 5) is 13.9. The normalized spacial score (nSPS) is 10.7. The van der Waals surface area contributed by atoms with Crippen molar-refractivity contribution in [1.29, 1.82) is 5.26 Å². The number of phenols is 1. The van der Waals surface area contributed by atoms with Crippen molar-refractivity contribution in [3.8, 4) is 11.8 Å². The molecule has 0 aliphatic rings. The summed E-state index contributed by atoms with van der Waals surface area (Å²) in [5, 5.41) is 21.2. The van der Waals surface area contributed by atoms with E-state index in [-0.39, 0.29) is 11.3 Å². The number of carbonyl (C=O) groups excluding carboxylic acids is 1. The van der Waals surface area contributed by atoms with Crippen LogP contribution in [0.5, 0.6) is 5.75 Å². The number of amides is 1. The quantitative estimate of drug-likeness (QED) is 0.658. The number of hydrogen-bond acceptors (Lipinski definition) is 4. The van der Waals surface area contributed by atoms with Gasteiger partial charge < -0.3 is 15.3 Å². The molecule has 0 unspecified atom stereocenters. The fourth-order valence-corrected chi connectivity index (χ4v) is 2.06. The number of hydrogen-bond donors (Lipinski definition) is 2. The molecule has 0 aromatic heterocycles. The molecule has 0 heterocycles. The van der Waals surface area contributed by atoms with E-state index in [4.69, 9.17) is 0 Å². The lowest BCUT2D eigenvalue weighted by Crippen LogP contribution is -2.18. The summed E-state index contributed by atoms with van der Waals surface area (Å²) in [5.74, 6) is -0.468. The Morgan fingerprint density at radius 2 is 2.00 bits per heavy atom. The van der Waals surface area contributed by atoms with Gasteiger partial charge in [-0.25, -0.2) is 0 Å². The standard InChI is InChI=1S/C18H17N3O2/c1-21(12-14-6-3-2-4-7-14)13-15(11-19)18(23)20-16-8-5-9-17(22)10-16/h2-10,13,22H,12H2,1H3,(H,20,23)/b15-13-. The molecule has 0 aliphatic carbocycles. The zero-order valence-electron chi connectivity index (χ0n) is 12.7. The Labute approximate surface area is 135 Å². The Morgan fingerprint density at radius 1 is 1.26 bits per heavy atom. The van der Waals surface area contributed by atoms with Crippen LogP contribution in [0.3, 0.4) is 0 Å². The summed E-state index contributed by atoms with van der Waals surface area (Å²) >= 11 is 0. The third-order valence-corrected chi connectivity index (χ3v) is 3.09. The van der Waals surface area contributed by atoms with Gasteiger partial charge in [-0.05, 0) is 17.7 Å². The molecule has 2 rings (SSSR count). The molecule has 2 aromatic carbocycles. The predicted octanol–water partition coefficient (Wildman–Crippen LogP) is 2.87. The van der Waals surface area contributed by atoms with Gasteiger partial charge in [0.15, 0.2) is 0 Å². The van der Waals surface area contributed by atoms with Crippen LogP contribution < -0.4 is 5.32 Å². The Bertz CT molecular complexity index is 748. The molecule has 0 saturated heterocycles. The third-order valence-electron chi connectivity index (χ3n) is 3.09. The van der Waals surface area contributed by atoms with E-state index in [0.29, 0.717) is 12.2 Å². The van der Waals surface area contributed by atoms with Crippen LogP contribution in [0.2, 0.25) is 0 Å². The van der Waals surface area contributed by atoms with E-state index in [2.05, 4.69) is 5.32 Å². The summed E-state index contributed by atoms with van der Waals surface area (Å²) in [7, 11) is 1.80. The van der Waals surface area contributed by atoms with Crippen molar-refractivity contribution in [3.63, 3.8) is 0 Å². The fourth-order valence-electron chi connectivity index (χ4n) is 2.06. The first kappa shape index (κ1) is 16.1. The first-order valence-corrected chi connectivity index (χ1v) is 7.05. The molecule has 5 nitrogen and oxygen atoms in total. The number of phenolic OH excluding ortho intramolecular Hbond substituents is 1. The monoisotopic (exact) mass is 307 g/mol. The molecule has 0 aliphatic heterocycles. The average molecular weight is 307 g/mol. The smallest absolute Gasteiger partial charge is 0.267 e. The van der Waals surface area contributed by atoms with Gasteiger partial charge in [0.2, 0.25) is 0 Å². The summed E-state index contributed by atoms with van der Waals surface area (Å²) in [6.07, 6.45) is 1.51. The van der Waals surface area contributed by atoms with Crippen LogP contribution in [0.4, 0.5) is 5.69 Å². The van der Waals surface area contributed by atoms with Crippen molar-refractivity contribution in [2.45, 2.75) is 6.54 Å². The zero-order valence-corrected chi connectivity index (χ0v) is 12.7. The van der Waals surface area contributed by atoms with Crippen molar-refractivity contribution < 1.29 is 9.90 Å². The van der Waals surface area contributed by atoms with E-state index in [0.717, 1.165) is 5.56 Å². The zero-order chi connectivity index (χ0) is 16.7. The van der Waals surface area contributed by atoms with Crippen molar-refractivity contribution in [1.82, 2.24) is 4.90 Å². The number of carbonyl (C=O) groups is 1. The molecule has 0 bridgehead atoms. The molecule has 0 saturated carbocycles. The highest BCUT2D eigenvalue weighted by atomic mass is 16.3. The molecule has 0 spiro atoms. The number of aromatic hydroxyl groups is 1. The van der Waals surface area contributed by atoms with E-state index in [1.54, 1.807) is 24.1 Å². The highest BCUT2D eigenvalue weighted by molar-refractivity contribution is 6.06. The van der Waals surface area contributed by atoms with Crippen molar-refractivity contribution in [2.75, 3.05) is 12.4 Å². The molecule has 5 heteroatoms. The fraction of sp³-hybridized carbons (Fsp3) is 0.111. The third kappa shape index (κ3) is 4.90. The van der Waals surface area contributed by atoms with Gasteiger partial charge in [-0.2, -0.15) is 5.26 Å². The minimum atomic E-state index is -0.516. The van der Waals surface area contributed by atoms with Crippen LogP contribution in [0.15, 0.2) is 66.4 Å². The highest BCUT2D eigenvalue weighted by Gasteiger charge is 2.11. The van der Waals surface area contributed by atoms with Gasteiger partial charge in [-0.3, -0.25) is 4.79 Å². The maximum atomic E-state index is 12.1. The number of nitriles is 1. The first-order chi connectivity index (χ1) is 11.1. The van der Waals surface area contributed by atoms with E-state index in [1.807, 2.05) is 36.4 Å². The van der Waals surface area contributed by atoms with E-state index < -0.39 is 5.91 Å². The average Bonchev–Trinajstić information content (AvgIpc) is 2.53. The molecular formula is C18H17N3O2. The van der Waals surface area contributed by atoms with Gasteiger partial charge in [0, 0.05) is 31.5 Å². The van der Waals surface area contributed by atoms with Gasteiger partial charge in [0.05, 0.1) is 0 Å². The minimum absolute atomic E-state index is 0.00762. The maximum Gasteiger partial charge on any atom is 0.267 e. The van der Waals surface area contributed by atoms with Crippen LogP contribution in [-0.2, 0) is 11.3 Å². The number of anilines is 1. The first-order valence-electron chi connectivity index (χ1n) is 7.05. The summed E-state index contributed by atoms with van der Waals surface area (Å²) in [5.41, 5.74) is 1.51. The summed E-state index contributed by atoms with van der Waals surface area (Å²) < 4.78 is 0. The van der Waals surface area contributed by atoms with Gasteiger partial charge in [0.25, 0.3) is 5.91 Å². The molecule has 0 radical (unpaired) electrons. The molecule has 116 valence electrons. The summed E-state index contributed by atoms with van der Waals surface area (Å²) in [6.45, 7) is 0.589. The van der Waals surface area contributed by atoms with E-state index in [9.17, 15) is 15.2 Å². The lowest BCUT2D eigenvalue weighted by atomic mass is 10.2. The van der Waals surface area contributed by atoms with Crippen LogP contribution >= 0.6 is 0 Å². The van der Waals surface area contributed by atoms with Crippen molar-refractivity contribution in [2.24, 2.45) is 0 Å². The number of nitrogens with zero attached hydrogens (tertiary/aromatic N) is 2. The Hall–Kier alpha value is -3.26. The molecule has 0 atom stereocenters. The molecule has 1 amide bonds. The maximum absolute atomic E-state index is 12.1. The predicted molar refractivity (Wildman–Crippen MR) is 88.3 cm³/mol. The Balaban J connectivity index is 2.05. The van der Waals surface area contributed by atoms with Gasteiger partial charge in [-0.1, -0.05) is 36.4 Å². The second kappa shape index (κ2) is 7.66. The number of nitrogens with one attached hydrogen (secondary N) is 1. The SMILES string of the molecule is CN(/C=C(/C#N)C(=O)Nc1cccc(O)c1)Cc1ccccc1. The second-order valence-corrected chi connectivity index (χ2v) is 5.06. The topological polar surface area (TPSA) is 76.4 Å². The number of benzene rings is 2. The van der Waals surface area contributed by atoms with Gasteiger partial charge >= 0.3 is 0 Å². The molecule has 2 aromatic rings. The van der Waals surface area contributed by atoms with Crippen LogP contribution in [0.25, 0.3) is 0 Å². The largest absolute Gasteiger partial charge is 0.508 e. The minimum Gasteiger partial charge on any atom is -0.508 e. The lowest BCUT2D eigenvalue weighted by molar-refractivity contribution is -0.112. The van der Waals surface area contributed by atoms with Crippen molar-refractivity contribution in [3.05, 3.63) is 71.9 Å². The Kier molecular flexibility index (Phi) is 5.37. The lowest BCUT2D eigenvalue weighted by Gasteiger charge is -2.15. The molecule has 23 heavy (non-hydrogen) atoms. The van der Waals surface area contributed by atoms with E-state index in [1.165, 1.54) is 18.3 Å². The Morgan fingerprint density at radius 3 is 2.65 bits per heavy atom. The van der Waals surface area contributed by atoms with Crippen LogP contribution in [0.1, 0.15) is 5.56 Å². The molecular weight excluding hydrogens is 290 g/mol. The van der Waals surface area contributed by atoms with Crippen LogP contribution in [0, 0.1) is 11.3 Å². The summed E-state index contributed by atoms with van der Waals surface area (Å²) in [6, 6.07) is 17.8. The van der Waals surface area contributed by atoms with Gasteiger partial charge in [-0.15, -0.1) is 0 Å². The molecule has 2 N–H and O–H groups in total. The van der Waals surface area contributed by atoms with Gasteiger partial charge in [0.1, 0.15) is 17.4 Å². The number of rotatable bonds is 5. The van der Waals surface area contributed by atoms with E-state index >= 15 is 0 Å². The van der Waals surface area contributed by atoms with Crippen LogP contribution in [-0.4, -0.2) is 23.0 Å². The highest BCUT2D eigenvalue weighted by Crippen LogP contribution is 2.16. The van der Waals surface area contributed by atoms with Crippen molar-refractivity contribution >= 4 is 11.6 Å².